The van der Waals surface area contributed by atoms with Crippen LogP contribution < -0.4 is 5.73 Å². The summed E-state index contributed by atoms with van der Waals surface area (Å²) in [6, 6.07) is 0. The van der Waals surface area contributed by atoms with Gasteiger partial charge >= 0.3 is 5.97 Å². The first-order chi connectivity index (χ1) is 6.97. The molecule has 2 N–H and O–H groups in total. The third-order valence-corrected chi connectivity index (χ3v) is 2.44. The number of nitrogens with two attached hydrogens (primary N) is 1. The third kappa shape index (κ3) is 5.74. The molecule has 88 valence electrons. The van der Waals surface area contributed by atoms with Crippen LogP contribution in [0.3, 0.4) is 0 Å². The predicted molar refractivity (Wildman–Crippen MR) is 57.4 cm³/mol. The van der Waals surface area contributed by atoms with Crippen LogP contribution in [0.4, 0.5) is 0 Å². The minimum Gasteiger partial charge on any atom is -0.462 e. The molecule has 1 fully saturated rings. The predicted octanol–water partition coefficient (Wildman–Crippen LogP) is 1.23. The first kappa shape index (κ1) is 12.5. The van der Waals surface area contributed by atoms with Gasteiger partial charge in [0.1, 0.15) is 6.10 Å². The number of esters is 1. The molecule has 4 nitrogen and oxygen atoms in total. The quantitative estimate of drug-likeness (QED) is 0.716. The molecule has 0 aliphatic carbocycles. The minimum atomic E-state index is -0.297. The molecule has 0 atom stereocenters. The van der Waals surface area contributed by atoms with Crippen LogP contribution in [0.15, 0.2) is 0 Å². The maximum Gasteiger partial charge on any atom is 0.306 e. The zero-order valence-electron chi connectivity index (χ0n) is 9.62. The van der Waals surface area contributed by atoms with Gasteiger partial charge in [-0.3, -0.25) is 4.79 Å². The van der Waals surface area contributed by atoms with E-state index in [-0.39, 0.29) is 17.6 Å². The second kappa shape index (κ2) is 5.47. The summed E-state index contributed by atoms with van der Waals surface area (Å²) in [4.78, 5) is 11.4. The Morgan fingerprint density at radius 1 is 1.47 bits per heavy atom. The van der Waals surface area contributed by atoms with Gasteiger partial charge in [0.2, 0.25) is 0 Å². The Morgan fingerprint density at radius 3 is 2.60 bits per heavy atom. The molecule has 4 heteroatoms. The van der Waals surface area contributed by atoms with Crippen LogP contribution in [0, 0.1) is 0 Å². The maximum atomic E-state index is 11.4. The molecule has 1 saturated heterocycles. The van der Waals surface area contributed by atoms with Gasteiger partial charge in [-0.15, -0.1) is 0 Å². The molecule has 1 heterocycles. The fourth-order valence-corrected chi connectivity index (χ4v) is 1.46. The summed E-state index contributed by atoms with van der Waals surface area (Å²) in [6.07, 6.45) is 2.75. The smallest absolute Gasteiger partial charge is 0.306 e. The van der Waals surface area contributed by atoms with Crippen molar-refractivity contribution in [1.29, 1.82) is 0 Å². The Hall–Kier alpha value is -0.610. The van der Waals surface area contributed by atoms with E-state index < -0.39 is 0 Å². The number of carbonyl (C=O) groups excluding carboxylic acids is 1. The Bertz CT molecular complexity index is 204. The number of rotatable bonds is 4. The molecule has 15 heavy (non-hydrogen) atoms. The van der Waals surface area contributed by atoms with E-state index in [1.165, 1.54) is 0 Å². The van der Waals surface area contributed by atoms with Crippen molar-refractivity contribution in [3.63, 3.8) is 0 Å². The summed E-state index contributed by atoms with van der Waals surface area (Å²) < 4.78 is 10.5. The summed E-state index contributed by atoms with van der Waals surface area (Å²) >= 11 is 0. The molecule has 1 aliphatic heterocycles. The Kier molecular flexibility index (Phi) is 4.54. The maximum absolute atomic E-state index is 11.4. The Labute approximate surface area is 91.1 Å². The SMILES string of the molecule is CC(C)(N)CCC(=O)OC1CCOCC1. The molecule has 0 aromatic carbocycles. The van der Waals surface area contributed by atoms with E-state index >= 15 is 0 Å². The number of hydrogen-bond acceptors (Lipinski definition) is 4. The summed E-state index contributed by atoms with van der Waals surface area (Å²) in [5.41, 5.74) is 5.49. The first-order valence-corrected chi connectivity index (χ1v) is 5.53. The minimum absolute atomic E-state index is 0.0483. The summed E-state index contributed by atoms with van der Waals surface area (Å²) in [7, 11) is 0. The van der Waals surface area contributed by atoms with Gasteiger partial charge in [-0.05, 0) is 20.3 Å². The second-order valence-corrected chi connectivity index (χ2v) is 4.79. The molecule has 0 spiro atoms. The molecule has 1 aliphatic rings. The molecule has 0 radical (unpaired) electrons. The number of hydrogen-bond donors (Lipinski definition) is 1. The van der Waals surface area contributed by atoms with E-state index in [0.717, 1.165) is 12.8 Å². The zero-order chi connectivity index (χ0) is 11.3. The highest BCUT2D eigenvalue weighted by Gasteiger charge is 2.19. The van der Waals surface area contributed by atoms with Gasteiger partial charge in [0, 0.05) is 24.8 Å². The summed E-state index contributed by atoms with van der Waals surface area (Å²) in [6.45, 7) is 5.21. The van der Waals surface area contributed by atoms with Crippen LogP contribution in [-0.4, -0.2) is 30.8 Å². The lowest BCUT2D eigenvalue weighted by Gasteiger charge is -2.23. The first-order valence-electron chi connectivity index (χ1n) is 5.53. The Balaban J connectivity index is 2.17. The van der Waals surface area contributed by atoms with Gasteiger partial charge in [-0.25, -0.2) is 0 Å². The monoisotopic (exact) mass is 215 g/mol. The lowest BCUT2D eigenvalue weighted by atomic mass is 10.0. The molecular formula is C11H21NO3. The van der Waals surface area contributed by atoms with Crippen LogP contribution in [0.1, 0.15) is 39.5 Å². The van der Waals surface area contributed by atoms with Gasteiger partial charge in [0.15, 0.2) is 0 Å². The fraction of sp³-hybridized carbons (Fsp3) is 0.909. The van der Waals surface area contributed by atoms with Crippen molar-refractivity contribution in [2.45, 2.75) is 51.2 Å². The second-order valence-electron chi connectivity index (χ2n) is 4.79. The molecule has 0 bridgehead atoms. The normalized spacial score (nSPS) is 18.9. The fourth-order valence-electron chi connectivity index (χ4n) is 1.46. The largest absolute Gasteiger partial charge is 0.462 e. The molecule has 0 aromatic heterocycles. The Morgan fingerprint density at radius 2 is 2.07 bits per heavy atom. The van der Waals surface area contributed by atoms with Gasteiger partial charge in [-0.1, -0.05) is 0 Å². The van der Waals surface area contributed by atoms with Gasteiger partial charge < -0.3 is 15.2 Å². The van der Waals surface area contributed by atoms with Crippen molar-refractivity contribution in [3.8, 4) is 0 Å². The van der Waals surface area contributed by atoms with Crippen LogP contribution >= 0.6 is 0 Å². The van der Waals surface area contributed by atoms with E-state index in [2.05, 4.69) is 0 Å². The van der Waals surface area contributed by atoms with Crippen molar-refractivity contribution >= 4 is 5.97 Å². The molecule has 0 amide bonds. The zero-order valence-corrected chi connectivity index (χ0v) is 9.62. The molecular weight excluding hydrogens is 194 g/mol. The van der Waals surface area contributed by atoms with E-state index in [1.54, 1.807) is 0 Å². The van der Waals surface area contributed by atoms with Crippen LogP contribution in [-0.2, 0) is 14.3 Å². The van der Waals surface area contributed by atoms with Crippen molar-refractivity contribution in [3.05, 3.63) is 0 Å². The van der Waals surface area contributed by atoms with Crippen LogP contribution in [0.2, 0.25) is 0 Å². The van der Waals surface area contributed by atoms with E-state index in [4.69, 9.17) is 15.2 Å². The highest BCUT2D eigenvalue weighted by molar-refractivity contribution is 5.69. The number of carbonyl (C=O) groups is 1. The van der Waals surface area contributed by atoms with Crippen molar-refractivity contribution in [2.24, 2.45) is 5.73 Å². The lowest BCUT2D eigenvalue weighted by Crippen LogP contribution is -2.33. The molecule has 1 rings (SSSR count). The van der Waals surface area contributed by atoms with E-state index in [9.17, 15) is 4.79 Å². The average Bonchev–Trinajstić information content (AvgIpc) is 2.15. The highest BCUT2D eigenvalue weighted by Crippen LogP contribution is 2.13. The average molecular weight is 215 g/mol. The van der Waals surface area contributed by atoms with Gasteiger partial charge in [0.05, 0.1) is 13.2 Å². The standard InChI is InChI=1S/C11H21NO3/c1-11(2,12)6-3-10(13)15-9-4-7-14-8-5-9/h9H,3-8,12H2,1-2H3. The number of ether oxygens (including phenoxy) is 2. The van der Waals surface area contributed by atoms with Crippen LogP contribution in [0.5, 0.6) is 0 Å². The van der Waals surface area contributed by atoms with E-state index in [0.29, 0.717) is 26.1 Å². The molecule has 0 unspecified atom stereocenters. The topological polar surface area (TPSA) is 61.6 Å². The van der Waals surface area contributed by atoms with Crippen molar-refractivity contribution in [1.82, 2.24) is 0 Å². The highest BCUT2D eigenvalue weighted by atomic mass is 16.5. The van der Waals surface area contributed by atoms with Crippen molar-refractivity contribution in [2.75, 3.05) is 13.2 Å². The van der Waals surface area contributed by atoms with Crippen molar-refractivity contribution < 1.29 is 14.3 Å². The van der Waals surface area contributed by atoms with Gasteiger partial charge in [0.25, 0.3) is 0 Å². The summed E-state index contributed by atoms with van der Waals surface area (Å²) in [5, 5.41) is 0. The molecule has 0 saturated carbocycles. The lowest BCUT2D eigenvalue weighted by molar-refractivity contribution is -0.153. The van der Waals surface area contributed by atoms with Gasteiger partial charge in [-0.2, -0.15) is 0 Å². The van der Waals surface area contributed by atoms with E-state index in [1.807, 2.05) is 13.8 Å². The molecule has 0 aromatic rings. The third-order valence-electron chi connectivity index (χ3n) is 2.44. The summed E-state index contributed by atoms with van der Waals surface area (Å²) in [5.74, 6) is -0.138. The van der Waals surface area contributed by atoms with Crippen LogP contribution in [0.25, 0.3) is 0 Å².